The first-order chi connectivity index (χ1) is 9.88. The minimum atomic E-state index is -2.49. The van der Waals surface area contributed by atoms with Crippen molar-refractivity contribution in [1.29, 1.82) is 5.41 Å². The van der Waals surface area contributed by atoms with E-state index in [-0.39, 0.29) is 5.84 Å². The van der Waals surface area contributed by atoms with Crippen molar-refractivity contribution in [3.05, 3.63) is 64.7 Å². The van der Waals surface area contributed by atoms with E-state index in [1.165, 1.54) is 0 Å². The molecule has 0 aliphatic heterocycles. The van der Waals surface area contributed by atoms with Crippen LogP contribution in [0.2, 0.25) is 5.02 Å². The van der Waals surface area contributed by atoms with E-state index in [1.54, 1.807) is 42.7 Å². The number of hydrogen-bond donors (Lipinski definition) is 2. The lowest BCUT2D eigenvalue weighted by Crippen LogP contribution is -2.11. The second kappa shape index (κ2) is 6.28. The molecule has 4 nitrogen and oxygen atoms in total. The van der Waals surface area contributed by atoms with E-state index in [9.17, 15) is 4.21 Å². The van der Waals surface area contributed by atoms with Crippen LogP contribution in [0.4, 0.5) is 0 Å². The highest BCUT2D eigenvalue weighted by molar-refractivity contribution is 7.93. The molecule has 2 aromatic rings. The van der Waals surface area contributed by atoms with Crippen LogP contribution in [0.5, 0.6) is 0 Å². The fraction of sp³-hybridized carbons (Fsp3) is 0.133. The summed E-state index contributed by atoms with van der Waals surface area (Å²) >= 11 is 5.91. The zero-order valence-corrected chi connectivity index (χ0v) is 13.1. The third kappa shape index (κ3) is 4.06. The first-order valence-corrected chi connectivity index (χ1v) is 8.55. The van der Waals surface area contributed by atoms with Crippen LogP contribution in [0.25, 0.3) is 0 Å². The van der Waals surface area contributed by atoms with Gasteiger partial charge in [-0.25, -0.2) is 8.57 Å². The predicted octanol–water partition coefficient (Wildman–Crippen LogP) is 3.28. The summed E-state index contributed by atoms with van der Waals surface area (Å²) < 4.78 is 16.9. The van der Waals surface area contributed by atoms with E-state index < -0.39 is 9.73 Å². The molecule has 0 spiro atoms. The molecule has 0 aliphatic carbocycles. The van der Waals surface area contributed by atoms with Gasteiger partial charge in [0, 0.05) is 21.7 Å². The Hall–Kier alpha value is -1.85. The van der Waals surface area contributed by atoms with Gasteiger partial charge in [-0.2, -0.15) is 0 Å². The number of nitrogens with one attached hydrogen (secondary N) is 1. The molecular weight excluding hydrogens is 306 g/mol. The van der Waals surface area contributed by atoms with Gasteiger partial charge < -0.3 is 5.73 Å². The van der Waals surface area contributed by atoms with Crippen molar-refractivity contribution in [2.24, 2.45) is 10.1 Å². The van der Waals surface area contributed by atoms with Crippen LogP contribution in [-0.2, 0) is 16.3 Å². The second-order valence-corrected chi connectivity index (χ2v) is 7.43. The normalized spacial score (nSPS) is 13.4. The molecule has 0 saturated carbocycles. The zero-order valence-electron chi connectivity index (χ0n) is 11.5. The number of nitrogens with zero attached hydrogens (tertiary/aromatic N) is 1. The summed E-state index contributed by atoms with van der Waals surface area (Å²) in [7, 11) is -2.49. The predicted molar refractivity (Wildman–Crippen MR) is 87.4 cm³/mol. The fourth-order valence-electron chi connectivity index (χ4n) is 1.79. The Morgan fingerprint density at radius 3 is 2.52 bits per heavy atom. The Morgan fingerprint density at radius 1 is 1.29 bits per heavy atom. The Balaban J connectivity index is 2.26. The van der Waals surface area contributed by atoms with Gasteiger partial charge in [0.25, 0.3) is 0 Å². The zero-order chi connectivity index (χ0) is 15.5. The summed E-state index contributed by atoms with van der Waals surface area (Å²) in [5, 5.41) is 7.98. The molecule has 1 atom stereocenters. The highest BCUT2D eigenvalue weighted by Gasteiger charge is 2.06. The molecule has 0 radical (unpaired) electrons. The number of halogens is 1. The smallest absolute Gasteiger partial charge is 0.122 e. The molecule has 0 aromatic heterocycles. The van der Waals surface area contributed by atoms with Gasteiger partial charge in [0.2, 0.25) is 0 Å². The lowest BCUT2D eigenvalue weighted by Gasteiger charge is -2.06. The summed E-state index contributed by atoms with van der Waals surface area (Å²) in [5.41, 5.74) is 6.91. The van der Waals surface area contributed by atoms with Crippen LogP contribution in [0.1, 0.15) is 11.1 Å². The average molecular weight is 322 g/mol. The summed E-state index contributed by atoms with van der Waals surface area (Å²) in [6.45, 7) is 0.338. The highest BCUT2D eigenvalue weighted by Crippen LogP contribution is 2.16. The highest BCUT2D eigenvalue weighted by atomic mass is 35.5. The Bertz CT molecular complexity index is 778. The molecule has 2 rings (SSSR count). The lowest BCUT2D eigenvalue weighted by atomic mass is 10.2. The van der Waals surface area contributed by atoms with Gasteiger partial charge in [0.15, 0.2) is 0 Å². The van der Waals surface area contributed by atoms with E-state index in [4.69, 9.17) is 22.7 Å². The maximum atomic E-state index is 12.6. The van der Waals surface area contributed by atoms with Crippen LogP contribution in [0, 0.1) is 5.41 Å². The molecule has 2 aromatic carbocycles. The lowest BCUT2D eigenvalue weighted by molar-refractivity contribution is 0.678. The Kier molecular flexibility index (Phi) is 4.65. The minimum Gasteiger partial charge on any atom is -0.384 e. The summed E-state index contributed by atoms with van der Waals surface area (Å²) in [6.07, 6.45) is 1.60. The first kappa shape index (κ1) is 15.5. The standard InChI is InChI=1S/C15H16ClN3OS/c1-21(20,14-7-5-12(6-8-14)15(17)18)19-10-11-3-2-4-13(16)9-11/h2-9H,10H2,1H3,(H3,17,18). The molecule has 0 fully saturated rings. The van der Waals surface area contributed by atoms with Crippen LogP contribution in [0.15, 0.2) is 57.8 Å². The Labute approximate surface area is 129 Å². The topological polar surface area (TPSA) is 79.3 Å². The van der Waals surface area contributed by atoms with Crippen molar-refractivity contribution < 1.29 is 4.21 Å². The largest absolute Gasteiger partial charge is 0.384 e. The third-order valence-corrected chi connectivity index (χ3v) is 4.99. The number of nitrogens with two attached hydrogens (primary N) is 1. The quantitative estimate of drug-likeness (QED) is 0.669. The van der Waals surface area contributed by atoms with Gasteiger partial charge in [0.05, 0.1) is 16.3 Å². The molecule has 0 aliphatic rings. The van der Waals surface area contributed by atoms with Crippen molar-refractivity contribution in [2.45, 2.75) is 11.4 Å². The van der Waals surface area contributed by atoms with E-state index in [0.717, 1.165) is 5.56 Å². The molecular formula is C15H16ClN3OS. The van der Waals surface area contributed by atoms with Gasteiger partial charge in [-0.3, -0.25) is 5.41 Å². The monoisotopic (exact) mass is 321 g/mol. The van der Waals surface area contributed by atoms with Crippen LogP contribution in [-0.4, -0.2) is 16.3 Å². The molecule has 3 N–H and O–H groups in total. The second-order valence-electron chi connectivity index (χ2n) is 4.66. The number of amidine groups is 1. The summed E-state index contributed by atoms with van der Waals surface area (Å²) in [6, 6.07) is 14.1. The molecule has 21 heavy (non-hydrogen) atoms. The van der Waals surface area contributed by atoms with Gasteiger partial charge >= 0.3 is 0 Å². The van der Waals surface area contributed by atoms with Crippen molar-refractivity contribution in [3.8, 4) is 0 Å². The number of rotatable bonds is 4. The van der Waals surface area contributed by atoms with Gasteiger partial charge in [0.1, 0.15) is 5.84 Å². The molecule has 0 amide bonds. The first-order valence-electron chi connectivity index (χ1n) is 6.25. The average Bonchev–Trinajstić information content (AvgIpc) is 2.45. The van der Waals surface area contributed by atoms with Crippen molar-refractivity contribution in [2.75, 3.05) is 6.26 Å². The van der Waals surface area contributed by atoms with Crippen molar-refractivity contribution in [3.63, 3.8) is 0 Å². The van der Waals surface area contributed by atoms with E-state index in [2.05, 4.69) is 4.36 Å². The SMILES string of the molecule is CS(=O)(=NCc1cccc(Cl)c1)c1ccc(C(=N)N)cc1. The van der Waals surface area contributed by atoms with Gasteiger partial charge in [-0.15, -0.1) is 0 Å². The van der Waals surface area contributed by atoms with E-state index in [0.29, 0.717) is 22.0 Å². The van der Waals surface area contributed by atoms with E-state index in [1.807, 2.05) is 12.1 Å². The van der Waals surface area contributed by atoms with Crippen molar-refractivity contribution >= 4 is 27.2 Å². The van der Waals surface area contributed by atoms with Crippen LogP contribution < -0.4 is 5.73 Å². The third-order valence-electron chi connectivity index (χ3n) is 2.99. The molecule has 6 heteroatoms. The molecule has 110 valence electrons. The molecule has 0 heterocycles. The van der Waals surface area contributed by atoms with E-state index >= 15 is 0 Å². The number of nitrogen functional groups attached to an aromatic ring is 1. The maximum Gasteiger partial charge on any atom is 0.122 e. The summed E-state index contributed by atoms with van der Waals surface area (Å²) in [5.74, 6) is -0.0139. The number of benzene rings is 2. The fourth-order valence-corrected chi connectivity index (χ4v) is 3.19. The Morgan fingerprint density at radius 2 is 1.95 bits per heavy atom. The van der Waals surface area contributed by atoms with Crippen LogP contribution >= 0.6 is 11.6 Å². The van der Waals surface area contributed by atoms with Gasteiger partial charge in [-0.05, 0) is 29.8 Å². The molecule has 0 bridgehead atoms. The van der Waals surface area contributed by atoms with Crippen molar-refractivity contribution in [1.82, 2.24) is 0 Å². The maximum absolute atomic E-state index is 12.6. The van der Waals surface area contributed by atoms with Crippen LogP contribution in [0.3, 0.4) is 0 Å². The summed E-state index contributed by atoms with van der Waals surface area (Å²) in [4.78, 5) is 0.620. The molecule has 0 saturated heterocycles. The minimum absolute atomic E-state index is 0.0139. The molecule has 1 unspecified atom stereocenters. The van der Waals surface area contributed by atoms with Gasteiger partial charge in [-0.1, -0.05) is 35.9 Å². The number of hydrogen-bond acceptors (Lipinski definition) is 3.